The van der Waals surface area contributed by atoms with Gasteiger partial charge in [-0.05, 0) is 41.8 Å². The van der Waals surface area contributed by atoms with E-state index in [4.69, 9.17) is 0 Å². The molecule has 3 aromatic rings. The highest BCUT2D eigenvalue weighted by Gasteiger charge is 2.21. The fourth-order valence-electron chi connectivity index (χ4n) is 3.30. The molecule has 1 N–H and O–H groups in total. The van der Waals surface area contributed by atoms with Crippen LogP contribution < -0.4 is 10.1 Å². The van der Waals surface area contributed by atoms with E-state index >= 15 is 0 Å². The van der Waals surface area contributed by atoms with Gasteiger partial charge < -0.3 is 10.1 Å². The zero-order valence-electron chi connectivity index (χ0n) is 15.0. The third kappa shape index (κ3) is 4.18. The fourth-order valence-corrected chi connectivity index (χ4v) is 3.30. The van der Waals surface area contributed by atoms with Gasteiger partial charge in [0.25, 0.3) is 5.91 Å². The summed E-state index contributed by atoms with van der Waals surface area (Å²) in [6.07, 6.45) is 3.70. The number of fused-ring (bicyclic) bond motifs is 1. The summed E-state index contributed by atoms with van der Waals surface area (Å²) in [5.41, 5.74) is 3.44. The Morgan fingerprint density at radius 1 is 1.14 bits per heavy atom. The Morgan fingerprint density at radius 3 is 2.83 bits per heavy atom. The Hall–Kier alpha value is -3.49. The van der Waals surface area contributed by atoms with Gasteiger partial charge in [0.05, 0.1) is 11.4 Å². The predicted molar refractivity (Wildman–Crippen MR) is 97.1 cm³/mol. The van der Waals surface area contributed by atoms with E-state index in [-0.39, 0.29) is 18.1 Å². The van der Waals surface area contributed by atoms with Crippen LogP contribution >= 0.6 is 0 Å². The molecule has 1 aliphatic rings. The molecule has 3 heterocycles. The summed E-state index contributed by atoms with van der Waals surface area (Å²) in [7, 11) is 0. The molecule has 6 nitrogen and oxygen atoms in total. The maximum absolute atomic E-state index is 13.7. The predicted octanol–water partition coefficient (Wildman–Crippen LogP) is 3.16. The molecule has 0 radical (unpaired) electrons. The van der Waals surface area contributed by atoms with Crippen molar-refractivity contribution in [1.82, 2.24) is 20.3 Å². The van der Waals surface area contributed by atoms with Gasteiger partial charge in [0, 0.05) is 36.5 Å². The number of hydrogen-bond donors (Lipinski definition) is 1. The van der Waals surface area contributed by atoms with Gasteiger partial charge in [-0.2, -0.15) is 8.78 Å². The first kappa shape index (κ1) is 18.9. The van der Waals surface area contributed by atoms with Crippen molar-refractivity contribution >= 4 is 5.91 Å². The molecule has 0 unspecified atom stereocenters. The average molecular weight is 400 g/mol. The third-order valence-corrected chi connectivity index (χ3v) is 4.47. The molecule has 0 aliphatic carbocycles. The molecule has 1 aromatic carbocycles. The maximum atomic E-state index is 13.7. The highest BCUT2D eigenvalue weighted by molar-refractivity contribution is 5.98. The molecule has 4 rings (SSSR count). The molecule has 1 amide bonds. The van der Waals surface area contributed by atoms with Crippen molar-refractivity contribution in [1.29, 1.82) is 0 Å². The lowest BCUT2D eigenvalue weighted by Gasteiger charge is -2.18. The van der Waals surface area contributed by atoms with E-state index in [0.29, 0.717) is 41.2 Å². The normalized spacial score (nSPS) is 13.2. The molecule has 148 valence electrons. The number of pyridine rings is 1. The Bertz CT molecular complexity index is 1080. The van der Waals surface area contributed by atoms with Gasteiger partial charge in [-0.3, -0.25) is 9.78 Å². The Morgan fingerprint density at radius 2 is 2.00 bits per heavy atom. The number of ether oxygens (including phenoxy) is 1. The summed E-state index contributed by atoms with van der Waals surface area (Å²) >= 11 is 0. The zero-order valence-corrected chi connectivity index (χ0v) is 15.0. The topological polar surface area (TPSA) is 77.0 Å². The SMILES string of the molecule is O=C1NCCc2c1ccnc2-c1cc(Cc2cc(F)cc(OC(F)F)c2)ncn1. The molecule has 0 bridgehead atoms. The standard InChI is InChI=1S/C20H15F3N4O2/c21-12-5-11(7-14(8-12)29-20(22)23)6-13-9-17(27-10-26-13)18-15-1-4-25-19(28)16(15)2-3-24-18/h2-3,5,7-10,20H,1,4,6H2,(H,25,28). The van der Waals surface area contributed by atoms with Crippen molar-refractivity contribution < 1.29 is 22.7 Å². The summed E-state index contributed by atoms with van der Waals surface area (Å²) in [6, 6.07) is 6.81. The van der Waals surface area contributed by atoms with Gasteiger partial charge in [-0.25, -0.2) is 14.4 Å². The quantitative estimate of drug-likeness (QED) is 0.712. The zero-order chi connectivity index (χ0) is 20.4. The first-order chi connectivity index (χ1) is 14.0. The second-order valence-corrected chi connectivity index (χ2v) is 6.44. The molecular weight excluding hydrogens is 385 g/mol. The molecule has 0 fully saturated rings. The van der Waals surface area contributed by atoms with Crippen LogP contribution in [0.5, 0.6) is 5.75 Å². The van der Waals surface area contributed by atoms with E-state index in [1.165, 1.54) is 18.5 Å². The number of nitrogens with zero attached hydrogens (tertiary/aromatic N) is 3. The molecule has 29 heavy (non-hydrogen) atoms. The van der Waals surface area contributed by atoms with E-state index < -0.39 is 12.4 Å². The summed E-state index contributed by atoms with van der Waals surface area (Å²) in [5, 5.41) is 2.78. The van der Waals surface area contributed by atoms with Crippen LogP contribution in [0, 0.1) is 5.82 Å². The van der Waals surface area contributed by atoms with Crippen LogP contribution in [-0.2, 0) is 12.8 Å². The minimum absolute atomic E-state index is 0.157. The number of benzene rings is 1. The maximum Gasteiger partial charge on any atom is 0.387 e. The van der Waals surface area contributed by atoms with Crippen molar-refractivity contribution in [2.45, 2.75) is 19.5 Å². The van der Waals surface area contributed by atoms with Gasteiger partial charge in [-0.15, -0.1) is 0 Å². The van der Waals surface area contributed by atoms with Gasteiger partial charge >= 0.3 is 6.61 Å². The summed E-state index contributed by atoms with van der Waals surface area (Å²) in [6.45, 7) is -2.53. The highest BCUT2D eigenvalue weighted by atomic mass is 19.3. The van der Waals surface area contributed by atoms with E-state index in [1.807, 2.05) is 0 Å². The molecular formula is C20H15F3N4O2. The van der Waals surface area contributed by atoms with E-state index in [9.17, 15) is 18.0 Å². The lowest BCUT2D eigenvalue weighted by molar-refractivity contribution is -0.0500. The third-order valence-electron chi connectivity index (χ3n) is 4.47. The lowest BCUT2D eigenvalue weighted by Crippen LogP contribution is -2.32. The van der Waals surface area contributed by atoms with E-state index in [2.05, 4.69) is 25.0 Å². The molecule has 0 atom stereocenters. The van der Waals surface area contributed by atoms with Gasteiger partial charge in [0.1, 0.15) is 17.9 Å². The van der Waals surface area contributed by atoms with Crippen molar-refractivity contribution in [3.8, 4) is 17.1 Å². The van der Waals surface area contributed by atoms with Crippen molar-refractivity contribution in [2.24, 2.45) is 0 Å². The van der Waals surface area contributed by atoms with E-state index in [1.54, 1.807) is 18.3 Å². The average Bonchev–Trinajstić information content (AvgIpc) is 2.67. The largest absolute Gasteiger partial charge is 0.435 e. The summed E-state index contributed by atoms with van der Waals surface area (Å²) in [4.78, 5) is 24.9. The number of amides is 1. The van der Waals surface area contributed by atoms with E-state index in [0.717, 1.165) is 11.6 Å². The fraction of sp³-hybridized carbons (Fsp3) is 0.200. The van der Waals surface area contributed by atoms with Crippen molar-refractivity contribution in [3.05, 3.63) is 71.1 Å². The van der Waals surface area contributed by atoms with Crippen LogP contribution in [0.2, 0.25) is 0 Å². The highest BCUT2D eigenvalue weighted by Crippen LogP contribution is 2.26. The van der Waals surface area contributed by atoms with Crippen LogP contribution in [0.15, 0.2) is 42.9 Å². The Balaban J connectivity index is 1.65. The second-order valence-electron chi connectivity index (χ2n) is 6.44. The van der Waals surface area contributed by atoms with Gasteiger partial charge in [0.15, 0.2) is 0 Å². The Kier molecular flexibility index (Phi) is 5.11. The van der Waals surface area contributed by atoms with Crippen LogP contribution in [0.1, 0.15) is 27.2 Å². The van der Waals surface area contributed by atoms with Crippen LogP contribution in [0.25, 0.3) is 11.4 Å². The Labute approximate surface area is 163 Å². The molecule has 0 saturated carbocycles. The lowest BCUT2D eigenvalue weighted by atomic mass is 9.97. The first-order valence-corrected chi connectivity index (χ1v) is 8.81. The molecule has 0 spiro atoms. The summed E-state index contributed by atoms with van der Waals surface area (Å²) < 4.78 is 42.9. The smallest absolute Gasteiger partial charge is 0.387 e. The van der Waals surface area contributed by atoms with Gasteiger partial charge in [0.2, 0.25) is 0 Å². The second kappa shape index (κ2) is 7.86. The first-order valence-electron chi connectivity index (χ1n) is 8.81. The number of halogens is 3. The van der Waals surface area contributed by atoms with Crippen LogP contribution in [-0.4, -0.2) is 34.0 Å². The number of hydrogen-bond acceptors (Lipinski definition) is 5. The molecule has 0 saturated heterocycles. The monoisotopic (exact) mass is 400 g/mol. The number of carbonyl (C=O) groups excluding carboxylic acids is 1. The number of nitrogens with one attached hydrogen (secondary N) is 1. The number of alkyl halides is 2. The summed E-state index contributed by atoms with van der Waals surface area (Å²) in [5.74, 6) is -1.10. The minimum atomic E-state index is -3.04. The van der Waals surface area contributed by atoms with Crippen LogP contribution in [0.4, 0.5) is 13.2 Å². The van der Waals surface area contributed by atoms with Crippen molar-refractivity contribution in [3.63, 3.8) is 0 Å². The van der Waals surface area contributed by atoms with Gasteiger partial charge in [-0.1, -0.05) is 0 Å². The number of carbonyl (C=O) groups is 1. The van der Waals surface area contributed by atoms with Crippen molar-refractivity contribution in [2.75, 3.05) is 6.54 Å². The molecule has 1 aliphatic heterocycles. The molecule has 2 aromatic heterocycles. The minimum Gasteiger partial charge on any atom is -0.435 e. The number of rotatable bonds is 5. The number of aromatic nitrogens is 3. The molecule has 9 heteroatoms. The van der Waals surface area contributed by atoms with Crippen LogP contribution in [0.3, 0.4) is 0 Å².